The van der Waals surface area contributed by atoms with Crippen LogP contribution in [0.4, 0.5) is 0 Å². The minimum atomic E-state index is 0.419. The number of hydrogen-bond acceptors (Lipinski definition) is 2. The highest BCUT2D eigenvalue weighted by Crippen LogP contribution is 2.25. The Bertz CT molecular complexity index is 589. The first-order chi connectivity index (χ1) is 10.0. The van der Waals surface area contributed by atoms with Gasteiger partial charge in [-0.05, 0) is 37.8 Å². The van der Waals surface area contributed by atoms with Gasteiger partial charge in [-0.2, -0.15) is 0 Å². The molecule has 2 aromatic rings. The third kappa shape index (κ3) is 3.97. The Kier molecular flexibility index (Phi) is 5.63. The third-order valence-corrected chi connectivity index (χ3v) is 4.09. The van der Waals surface area contributed by atoms with Crippen LogP contribution in [0.5, 0.6) is 0 Å². The van der Waals surface area contributed by atoms with E-state index < -0.39 is 0 Å². The molecule has 4 heteroatoms. The van der Waals surface area contributed by atoms with Crippen LogP contribution in [0.1, 0.15) is 57.5 Å². The van der Waals surface area contributed by atoms with Crippen molar-refractivity contribution in [3.63, 3.8) is 0 Å². The minimum absolute atomic E-state index is 0.419. The van der Waals surface area contributed by atoms with Crippen LogP contribution in [0, 0.1) is 12.8 Å². The van der Waals surface area contributed by atoms with E-state index in [9.17, 15) is 0 Å². The molecule has 0 amide bonds. The second-order valence-corrected chi connectivity index (χ2v) is 6.74. The van der Waals surface area contributed by atoms with Crippen LogP contribution in [0.2, 0.25) is 0 Å². The molecule has 0 saturated heterocycles. The molecule has 2 heterocycles. The molecule has 0 aliphatic carbocycles. The highest BCUT2D eigenvalue weighted by Gasteiger charge is 2.16. The molecule has 116 valence electrons. The molecule has 0 spiro atoms. The Labute approximate surface area is 132 Å². The zero-order chi connectivity index (χ0) is 15.4. The first kappa shape index (κ1) is 16.3. The Balaban J connectivity index is 2.28. The largest absolute Gasteiger partial charge is 0.310 e. The van der Waals surface area contributed by atoms with Crippen molar-refractivity contribution in [2.75, 3.05) is 5.88 Å². The first-order valence-electron chi connectivity index (χ1n) is 7.92. The molecule has 0 radical (unpaired) electrons. The first-order valence-corrected chi connectivity index (χ1v) is 8.45. The summed E-state index contributed by atoms with van der Waals surface area (Å²) in [6, 6.07) is 2.53. The van der Waals surface area contributed by atoms with Crippen LogP contribution in [0.15, 0.2) is 12.3 Å². The van der Waals surface area contributed by atoms with Crippen molar-refractivity contribution in [2.24, 2.45) is 5.92 Å². The molecule has 1 atom stereocenters. The minimum Gasteiger partial charge on any atom is -0.310 e. The average molecular weight is 308 g/mol. The number of halogens is 1. The number of aromatic nitrogens is 3. The maximum absolute atomic E-state index is 5.94. The van der Waals surface area contributed by atoms with E-state index in [4.69, 9.17) is 16.6 Å². The fraction of sp³-hybridized carbons (Fsp3) is 0.647. The number of rotatable bonds is 7. The lowest BCUT2D eigenvalue weighted by atomic mass is 10.0. The zero-order valence-corrected chi connectivity index (χ0v) is 14.3. The summed E-state index contributed by atoms with van der Waals surface area (Å²) in [4.78, 5) is 9.35. The molecule has 2 aromatic heterocycles. The van der Waals surface area contributed by atoms with E-state index in [1.165, 1.54) is 12.8 Å². The second kappa shape index (κ2) is 7.26. The molecule has 0 aromatic carbocycles. The molecule has 0 aliphatic heterocycles. The van der Waals surface area contributed by atoms with Gasteiger partial charge in [0.05, 0.1) is 0 Å². The van der Waals surface area contributed by atoms with Crippen molar-refractivity contribution >= 4 is 22.8 Å². The van der Waals surface area contributed by atoms with E-state index in [0.29, 0.717) is 11.9 Å². The summed E-state index contributed by atoms with van der Waals surface area (Å²) >= 11 is 5.94. The molecule has 0 saturated carbocycles. The molecule has 3 nitrogen and oxygen atoms in total. The Morgan fingerprint density at radius 3 is 2.67 bits per heavy atom. The molecular weight excluding hydrogens is 282 g/mol. The van der Waals surface area contributed by atoms with Crippen LogP contribution < -0.4 is 0 Å². The summed E-state index contributed by atoms with van der Waals surface area (Å²) in [6.45, 7) is 8.88. The third-order valence-electron chi connectivity index (χ3n) is 3.90. The summed E-state index contributed by atoms with van der Waals surface area (Å²) in [5.74, 6) is 2.43. The summed E-state index contributed by atoms with van der Waals surface area (Å²) in [5, 5.41) is 0. The molecule has 2 rings (SSSR count). The van der Waals surface area contributed by atoms with E-state index in [-0.39, 0.29) is 0 Å². The number of alkyl halides is 1. The van der Waals surface area contributed by atoms with E-state index in [0.717, 1.165) is 41.3 Å². The predicted octanol–water partition coefficient (Wildman–Crippen LogP) is 4.91. The molecule has 0 N–H and O–H groups in total. The highest BCUT2D eigenvalue weighted by molar-refractivity contribution is 6.17. The highest BCUT2D eigenvalue weighted by atomic mass is 35.5. The zero-order valence-electron chi connectivity index (χ0n) is 13.6. The predicted molar refractivity (Wildman–Crippen MR) is 90.1 cm³/mol. The van der Waals surface area contributed by atoms with Gasteiger partial charge in [0.25, 0.3) is 0 Å². The Hall–Kier alpha value is -1.09. The van der Waals surface area contributed by atoms with Gasteiger partial charge >= 0.3 is 0 Å². The smallest absolute Gasteiger partial charge is 0.160 e. The van der Waals surface area contributed by atoms with Gasteiger partial charge in [-0.15, -0.1) is 11.6 Å². The van der Waals surface area contributed by atoms with Crippen LogP contribution in [-0.4, -0.2) is 20.4 Å². The van der Waals surface area contributed by atoms with Gasteiger partial charge in [0.15, 0.2) is 5.65 Å². The van der Waals surface area contributed by atoms with Gasteiger partial charge in [0.2, 0.25) is 0 Å². The fourth-order valence-corrected chi connectivity index (χ4v) is 2.97. The fourth-order valence-electron chi connectivity index (χ4n) is 2.80. The lowest BCUT2D eigenvalue weighted by Gasteiger charge is -2.17. The Morgan fingerprint density at radius 2 is 2.00 bits per heavy atom. The number of nitrogens with zero attached hydrogens (tertiary/aromatic N) is 3. The van der Waals surface area contributed by atoms with Gasteiger partial charge in [-0.1, -0.05) is 26.7 Å². The van der Waals surface area contributed by atoms with Crippen molar-refractivity contribution < 1.29 is 0 Å². The van der Waals surface area contributed by atoms with Gasteiger partial charge in [0.1, 0.15) is 11.3 Å². The molecule has 0 fully saturated rings. The van der Waals surface area contributed by atoms with E-state index in [1.54, 1.807) is 0 Å². The number of imidazole rings is 1. The molecule has 1 unspecified atom stereocenters. The van der Waals surface area contributed by atoms with E-state index in [2.05, 4.69) is 43.3 Å². The van der Waals surface area contributed by atoms with Crippen molar-refractivity contribution in [3.8, 4) is 0 Å². The SMILES string of the molecule is Cc1cnc2c(c1)nc(CCCl)n2C(C)CCCC(C)C. The summed E-state index contributed by atoms with van der Waals surface area (Å²) in [6.07, 6.45) is 6.39. The van der Waals surface area contributed by atoms with Gasteiger partial charge in [-0.25, -0.2) is 9.97 Å². The number of aryl methyl sites for hydroxylation is 2. The maximum atomic E-state index is 5.94. The second-order valence-electron chi connectivity index (χ2n) is 6.37. The molecule has 0 aliphatic rings. The monoisotopic (exact) mass is 307 g/mol. The van der Waals surface area contributed by atoms with Crippen LogP contribution in [0.25, 0.3) is 11.2 Å². The van der Waals surface area contributed by atoms with Crippen molar-refractivity contribution in [1.29, 1.82) is 0 Å². The van der Waals surface area contributed by atoms with E-state index >= 15 is 0 Å². The topological polar surface area (TPSA) is 30.7 Å². The number of pyridine rings is 1. The average Bonchev–Trinajstić information content (AvgIpc) is 2.75. The quantitative estimate of drug-likeness (QED) is 0.681. The summed E-state index contributed by atoms with van der Waals surface area (Å²) in [5.41, 5.74) is 3.14. The molecular formula is C17H26ClN3. The van der Waals surface area contributed by atoms with Crippen LogP contribution in [0.3, 0.4) is 0 Å². The molecule has 21 heavy (non-hydrogen) atoms. The molecule has 0 bridgehead atoms. The van der Waals surface area contributed by atoms with Crippen molar-refractivity contribution in [3.05, 3.63) is 23.7 Å². The van der Waals surface area contributed by atoms with Gasteiger partial charge < -0.3 is 4.57 Å². The maximum Gasteiger partial charge on any atom is 0.160 e. The van der Waals surface area contributed by atoms with Gasteiger partial charge in [0, 0.05) is 24.5 Å². The standard InChI is InChI=1S/C17H26ClN3/c1-12(2)6-5-7-14(4)21-16(8-9-18)20-15-10-13(3)11-19-17(15)21/h10-12,14H,5-9H2,1-4H3. The summed E-state index contributed by atoms with van der Waals surface area (Å²) in [7, 11) is 0. The van der Waals surface area contributed by atoms with Crippen molar-refractivity contribution in [1.82, 2.24) is 14.5 Å². The number of fused-ring (bicyclic) bond motifs is 1. The van der Waals surface area contributed by atoms with Crippen LogP contribution in [-0.2, 0) is 6.42 Å². The van der Waals surface area contributed by atoms with Crippen molar-refractivity contribution in [2.45, 2.75) is 59.4 Å². The Morgan fingerprint density at radius 1 is 1.24 bits per heavy atom. The van der Waals surface area contributed by atoms with Crippen LogP contribution >= 0.6 is 11.6 Å². The van der Waals surface area contributed by atoms with E-state index in [1.807, 2.05) is 6.20 Å². The van der Waals surface area contributed by atoms with Gasteiger partial charge in [-0.3, -0.25) is 0 Å². The lowest BCUT2D eigenvalue weighted by molar-refractivity contribution is 0.444. The lowest BCUT2D eigenvalue weighted by Crippen LogP contribution is -2.11. The number of hydrogen-bond donors (Lipinski definition) is 0. The normalized spacial score (nSPS) is 13.2. The summed E-state index contributed by atoms with van der Waals surface area (Å²) < 4.78 is 2.29.